The van der Waals surface area contributed by atoms with Crippen molar-refractivity contribution in [3.05, 3.63) is 41.5 Å². The van der Waals surface area contributed by atoms with Gasteiger partial charge in [-0.3, -0.25) is 0 Å². The molecule has 0 aromatic heterocycles. The van der Waals surface area contributed by atoms with Crippen LogP contribution in [0.1, 0.15) is 30.4 Å². The minimum atomic E-state index is 0.571. The van der Waals surface area contributed by atoms with E-state index in [0.29, 0.717) is 10.7 Å². The summed E-state index contributed by atoms with van der Waals surface area (Å²) < 4.78 is 0. The molecule has 0 spiro atoms. The third-order valence-corrected chi connectivity index (χ3v) is 3.83. The van der Waals surface area contributed by atoms with E-state index in [-0.39, 0.29) is 0 Å². The molecule has 0 bridgehead atoms. The molecular weight excluding hydrogens is 224 g/mol. The lowest BCUT2D eigenvalue weighted by Crippen LogP contribution is -2.07. The van der Waals surface area contributed by atoms with Gasteiger partial charge in [-0.05, 0) is 17.5 Å². The Hall–Kier alpha value is -0.560. The van der Waals surface area contributed by atoms with E-state index in [1.807, 2.05) is 0 Å². The highest BCUT2D eigenvalue weighted by molar-refractivity contribution is 9.09. The lowest BCUT2D eigenvalue weighted by Gasteiger charge is -2.15. The number of rotatable bonds is 2. The molecule has 0 saturated carbocycles. The summed E-state index contributed by atoms with van der Waals surface area (Å²) in [5, 5.41) is 0. The molecule has 0 radical (unpaired) electrons. The van der Waals surface area contributed by atoms with Gasteiger partial charge in [0, 0.05) is 10.7 Å². The van der Waals surface area contributed by atoms with Crippen LogP contribution in [0, 0.1) is 0 Å². The Morgan fingerprint density at radius 1 is 1.38 bits per heavy atom. The Labute approximate surface area is 87.8 Å². The normalized spacial score (nSPS) is 21.5. The average molecular weight is 237 g/mol. The molecule has 2 unspecified atom stereocenters. The van der Waals surface area contributed by atoms with Crippen LogP contribution in [0.4, 0.5) is 0 Å². The molecule has 2 atom stereocenters. The van der Waals surface area contributed by atoms with Gasteiger partial charge in [0.15, 0.2) is 0 Å². The molecule has 0 aliphatic heterocycles. The van der Waals surface area contributed by atoms with Gasteiger partial charge >= 0.3 is 0 Å². The van der Waals surface area contributed by atoms with Gasteiger partial charge in [-0.2, -0.15) is 0 Å². The summed E-state index contributed by atoms with van der Waals surface area (Å²) in [6, 6.07) is 8.63. The Bertz CT molecular complexity index is 328. The first kappa shape index (κ1) is 9.01. The van der Waals surface area contributed by atoms with Crippen LogP contribution in [0.25, 0.3) is 6.08 Å². The molecule has 0 nitrogen and oxygen atoms in total. The van der Waals surface area contributed by atoms with E-state index in [4.69, 9.17) is 0 Å². The molecule has 0 amide bonds. The molecule has 0 saturated heterocycles. The van der Waals surface area contributed by atoms with Crippen molar-refractivity contribution < 1.29 is 0 Å². The van der Waals surface area contributed by atoms with Crippen LogP contribution < -0.4 is 0 Å². The van der Waals surface area contributed by atoms with E-state index in [9.17, 15) is 0 Å². The van der Waals surface area contributed by atoms with Gasteiger partial charge in [-0.25, -0.2) is 0 Å². The fraction of sp³-hybridized carbons (Fsp3) is 0.333. The minimum absolute atomic E-state index is 0.571. The van der Waals surface area contributed by atoms with Crippen LogP contribution in [0.2, 0.25) is 0 Å². The van der Waals surface area contributed by atoms with Crippen LogP contribution in [-0.2, 0) is 0 Å². The van der Waals surface area contributed by atoms with Crippen LogP contribution >= 0.6 is 15.9 Å². The first-order valence-electron chi connectivity index (χ1n) is 4.74. The zero-order valence-electron chi connectivity index (χ0n) is 7.70. The summed E-state index contributed by atoms with van der Waals surface area (Å²) in [6.45, 7) is 2.22. The van der Waals surface area contributed by atoms with E-state index in [1.165, 1.54) is 17.5 Å². The van der Waals surface area contributed by atoms with E-state index in [1.54, 1.807) is 0 Å². The Balaban J connectivity index is 2.33. The van der Waals surface area contributed by atoms with Crippen molar-refractivity contribution in [3.63, 3.8) is 0 Å². The molecule has 13 heavy (non-hydrogen) atoms. The third-order valence-electron chi connectivity index (χ3n) is 2.62. The SMILES string of the molecule is CCC(Br)C1C=Cc2ccccc21. The summed E-state index contributed by atoms with van der Waals surface area (Å²) in [6.07, 6.45) is 5.70. The second-order valence-corrected chi connectivity index (χ2v) is 4.61. The Morgan fingerprint density at radius 3 is 2.92 bits per heavy atom. The van der Waals surface area contributed by atoms with Crippen molar-refractivity contribution in [1.29, 1.82) is 0 Å². The largest absolute Gasteiger partial charge is 0.0881 e. The lowest BCUT2D eigenvalue weighted by molar-refractivity contribution is 0.758. The van der Waals surface area contributed by atoms with Crippen molar-refractivity contribution in [2.24, 2.45) is 0 Å². The number of benzene rings is 1. The monoisotopic (exact) mass is 236 g/mol. The molecule has 1 aliphatic carbocycles. The lowest BCUT2D eigenvalue weighted by atomic mass is 9.96. The van der Waals surface area contributed by atoms with E-state index in [0.717, 1.165) is 0 Å². The zero-order chi connectivity index (χ0) is 9.26. The molecule has 0 heterocycles. The first-order valence-corrected chi connectivity index (χ1v) is 5.65. The maximum atomic E-state index is 3.72. The predicted molar refractivity (Wildman–Crippen MR) is 61.2 cm³/mol. The van der Waals surface area contributed by atoms with Gasteiger partial charge in [0.2, 0.25) is 0 Å². The van der Waals surface area contributed by atoms with Gasteiger partial charge in [0.05, 0.1) is 0 Å². The summed E-state index contributed by atoms with van der Waals surface area (Å²) in [5.41, 5.74) is 2.84. The van der Waals surface area contributed by atoms with E-state index >= 15 is 0 Å². The zero-order valence-corrected chi connectivity index (χ0v) is 9.29. The van der Waals surface area contributed by atoms with Crippen molar-refractivity contribution in [2.75, 3.05) is 0 Å². The highest BCUT2D eigenvalue weighted by Gasteiger charge is 2.22. The molecular formula is C12H13Br. The van der Waals surface area contributed by atoms with Crippen LogP contribution in [0.15, 0.2) is 30.3 Å². The van der Waals surface area contributed by atoms with E-state index in [2.05, 4.69) is 59.3 Å². The predicted octanol–water partition coefficient (Wildman–Crippen LogP) is 3.97. The van der Waals surface area contributed by atoms with Crippen LogP contribution in [-0.4, -0.2) is 4.83 Å². The summed E-state index contributed by atoms with van der Waals surface area (Å²) in [5.74, 6) is 0.571. The molecule has 1 aromatic rings. The highest BCUT2D eigenvalue weighted by Crippen LogP contribution is 2.36. The van der Waals surface area contributed by atoms with Crippen LogP contribution in [0.5, 0.6) is 0 Å². The van der Waals surface area contributed by atoms with Crippen molar-refractivity contribution >= 4 is 22.0 Å². The van der Waals surface area contributed by atoms with Crippen molar-refractivity contribution in [1.82, 2.24) is 0 Å². The highest BCUT2D eigenvalue weighted by atomic mass is 79.9. The molecule has 0 fully saturated rings. The molecule has 68 valence electrons. The standard InChI is InChI=1S/C12H13Br/c1-2-12(13)11-8-7-9-5-3-4-6-10(9)11/h3-8,11-12H,2H2,1H3. The molecule has 1 heteroatoms. The molecule has 1 aromatic carbocycles. The molecule has 1 aliphatic rings. The van der Waals surface area contributed by atoms with Gasteiger partial charge in [-0.15, -0.1) is 0 Å². The summed E-state index contributed by atoms with van der Waals surface area (Å²) in [7, 11) is 0. The minimum Gasteiger partial charge on any atom is -0.0881 e. The van der Waals surface area contributed by atoms with Crippen molar-refractivity contribution in [2.45, 2.75) is 24.1 Å². The average Bonchev–Trinajstić information content (AvgIpc) is 2.60. The topological polar surface area (TPSA) is 0 Å². The second kappa shape index (κ2) is 3.67. The smallest absolute Gasteiger partial charge is 0.0246 e. The third kappa shape index (κ3) is 1.58. The van der Waals surface area contributed by atoms with Gasteiger partial charge in [-0.1, -0.05) is 59.3 Å². The van der Waals surface area contributed by atoms with E-state index < -0.39 is 0 Å². The van der Waals surface area contributed by atoms with Gasteiger partial charge in [0.25, 0.3) is 0 Å². The fourth-order valence-electron chi connectivity index (χ4n) is 1.85. The number of halogens is 1. The van der Waals surface area contributed by atoms with Crippen LogP contribution in [0.3, 0.4) is 0 Å². The summed E-state index contributed by atoms with van der Waals surface area (Å²) >= 11 is 3.72. The number of allylic oxidation sites excluding steroid dienone is 1. The number of fused-ring (bicyclic) bond motifs is 1. The number of alkyl halides is 1. The Kier molecular flexibility index (Phi) is 2.54. The van der Waals surface area contributed by atoms with Crippen molar-refractivity contribution in [3.8, 4) is 0 Å². The number of hydrogen-bond donors (Lipinski definition) is 0. The fourth-order valence-corrected chi connectivity index (χ4v) is 2.31. The first-order chi connectivity index (χ1) is 6.33. The number of hydrogen-bond acceptors (Lipinski definition) is 0. The molecule has 2 rings (SSSR count). The maximum absolute atomic E-state index is 3.72. The van der Waals surface area contributed by atoms with Gasteiger partial charge in [0.1, 0.15) is 0 Å². The maximum Gasteiger partial charge on any atom is 0.0246 e. The Morgan fingerprint density at radius 2 is 2.15 bits per heavy atom. The van der Waals surface area contributed by atoms with Gasteiger partial charge < -0.3 is 0 Å². The quantitative estimate of drug-likeness (QED) is 0.682. The summed E-state index contributed by atoms with van der Waals surface area (Å²) in [4.78, 5) is 0.576. The molecule has 0 N–H and O–H groups in total. The second-order valence-electron chi connectivity index (χ2n) is 3.44.